The molecule has 2 rings (SSSR count). The summed E-state index contributed by atoms with van der Waals surface area (Å²) in [5, 5.41) is 3.48. The first-order chi connectivity index (χ1) is 9.61. The number of benzene rings is 2. The van der Waals surface area contributed by atoms with Gasteiger partial charge in [0.1, 0.15) is 18.2 Å². The molecule has 0 atom stereocenters. The zero-order valence-corrected chi connectivity index (χ0v) is 12.3. The molecule has 0 radical (unpaired) electrons. The molecule has 0 spiro atoms. The van der Waals surface area contributed by atoms with Gasteiger partial charge < -0.3 is 10.1 Å². The van der Waals surface area contributed by atoms with Crippen LogP contribution in [0.25, 0.3) is 0 Å². The molecule has 0 fully saturated rings. The lowest BCUT2D eigenvalue weighted by Gasteiger charge is -2.14. The summed E-state index contributed by atoms with van der Waals surface area (Å²) >= 11 is 5.74. The van der Waals surface area contributed by atoms with Gasteiger partial charge in [-0.3, -0.25) is 0 Å². The summed E-state index contributed by atoms with van der Waals surface area (Å²) in [6.07, 6.45) is 0. The molecular weight excluding hydrogens is 277 g/mol. The molecule has 106 valence electrons. The van der Waals surface area contributed by atoms with Gasteiger partial charge in [-0.1, -0.05) is 35.9 Å². The van der Waals surface area contributed by atoms with Crippen molar-refractivity contribution in [2.45, 2.75) is 20.1 Å². The van der Waals surface area contributed by atoms with E-state index in [0.29, 0.717) is 17.1 Å². The number of ether oxygens (including phenoxy) is 1. The fourth-order valence-electron chi connectivity index (χ4n) is 2.04. The van der Waals surface area contributed by atoms with Crippen LogP contribution in [-0.2, 0) is 13.2 Å². The van der Waals surface area contributed by atoms with Crippen molar-refractivity contribution >= 4 is 11.6 Å². The Morgan fingerprint density at radius 3 is 2.70 bits per heavy atom. The number of aryl methyl sites for hydroxylation is 1. The lowest BCUT2D eigenvalue weighted by molar-refractivity contribution is 0.294. The van der Waals surface area contributed by atoms with Crippen LogP contribution in [0.3, 0.4) is 0 Å². The molecule has 0 aliphatic heterocycles. The monoisotopic (exact) mass is 293 g/mol. The van der Waals surface area contributed by atoms with Gasteiger partial charge in [0.2, 0.25) is 0 Å². The van der Waals surface area contributed by atoms with Crippen molar-refractivity contribution < 1.29 is 9.13 Å². The minimum absolute atomic E-state index is 0.185. The Kier molecular flexibility index (Phi) is 4.99. The van der Waals surface area contributed by atoms with Gasteiger partial charge in [0.25, 0.3) is 0 Å². The van der Waals surface area contributed by atoms with E-state index in [9.17, 15) is 4.39 Å². The number of rotatable bonds is 5. The first-order valence-electron chi connectivity index (χ1n) is 6.41. The Morgan fingerprint density at radius 2 is 2.00 bits per heavy atom. The molecule has 0 aromatic heterocycles. The van der Waals surface area contributed by atoms with Crippen molar-refractivity contribution in [3.05, 3.63) is 63.9 Å². The highest BCUT2D eigenvalue weighted by atomic mass is 35.5. The molecule has 0 saturated carbocycles. The van der Waals surface area contributed by atoms with Gasteiger partial charge >= 0.3 is 0 Å². The maximum atomic E-state index is 13.7. The molecular formula is C16H17ClFNO. The van der Waals surface area contributed by atoms with Crippen LogP contribution in [0.15, 0.2) is 36.4 Å². The van der Waals surface area contributed by atoms with Crippen molar-refractivity contribution in [1.29, 1.82) is 0 Å². The largest absolute Gasteiger partial charge is 0.488 e. The molecule has 0 bridgehead atoms. The number of halogens is 2. The summed E-state index contributed by atoms with van der Waals surface area (Å²) in [5.41, 5.74) is 2.59. The molecule has 0 aliphatic carbocycles. The first-order valence-corrected chi connectivity index (χ1v) is 6.79. The third-order valence-corrected chi connectivity index (χ3v) is 3.28. The van der Waals surface area contributed by atoms with E-state index in [0.717, 1.165) is 16.9 Å². The summed E-state index contributed by atoms with van der Waals surface area (Å²) in [5.74, 6) is 0.456. The lowest BCUT2D eigenvalue weighted by atomic mass is 10.1. The van der Waals surface area contributed by atoms with E-state index < -0.39 is 0 Å². The quantitative estimate of drug-likeness (QED) is 0.896. The predicted molar refractivity (Wildman–Crippen MR) is 79.7 cm³/mol. The van der Waals surface area contributed by atoms with Crippen LogP contribution in [-0.4, -0.2) is 7.05 Å². The minimum Gasteiger partial charge on any atom is -0.488 e. The van der Waals surface area contributed by atoms with Crippen molar-refractivity contribution in [3.8, 4) is 5.75 Å². The highest BCUT2D eigenvalue weighted by Gasteiger charge is 2.09. The summed E-state index contributed by atoms with van der Waals surface area (Å²) in [7, 11) is 1.88. The summed E-state index contributed by atoms with van der Waals surface area (Å²) < 4.78 is 19.5. The Hall–Kier alpha value is -1.58. The molecule has 0 unspecified atom stereocenters. The Morgan fingerprint density at radius 1 is 1.20 bits per heavy atom. The van der Waals surface area contributed by atoms with E-state index in [-0.39, 0.29) is 12.4 Å². The molecule has 2 aromatic rings. The molecule has 2 nitrogen and oxygen atoms in total. The molecule has 0 heterocycles. The van der Waals surface area contributed by atoms with Crippen LogP contribution in [0.1, 0.15) is 16.7 Å². The first kappa shape index (κ1) is 14.8. The Labute approximate surface area is 123 Å². The van der Waals surface area contributed by atoms with Gasteiger partial charge in [-0.05, 0) is 31.7 Å². The van der Waals surface area contributed by atoms with E-state index >= 15 is 0 Å². The average molecular weight is 294 g/mol. The second-order valence-electron chi connectivity index (χ2n) is 4.62. The average Bonchev–Trinajstić information content (AvgIpc) is 2.40. The molecule has 2 aromatic carbocycles. The second-order valence-corrected chi connectivity index (χ2v) is 5.05. The SMILES string of the molecule is CNCc1cccc(C)c1OCc1ccc(Cl)cc1F. The van der Waals surface area contributed by atoms with Gasteiger partial charge in [0.15, 0.2) is 0 Å². The van der Waals surface area contributed by atoms with Crippen LogP contribution < -0.4 is 10.1 Å². The van der Waals surface area contributed by atoms with E-state index in [4.69, 9.17) is 16.3 Å². The summed E-state index contributed by atoms with van der Waals surface area (Å²) in [4.78, 5) is 0. The summed E-state index contributed by atoms with van der Waals surface area (Å²) in [6.45, 7) is 2.87. The molecule has 1 N–H and O–H groups in total. The minimum atomic E-state index is -0.346. The van der Waals surface area contributed by atoms with Gasteiger partial charge in [-0.15, -0.1) is 0 Å². The van der Waals surface area contributed by atoms with E-state index in [2.05, 4.69) is 5.32 Å². The van der Waals surface area contributed by atoms with Gasteiger partial charge in [-0.25, -0.2) is 4.39 Å². The topological polar surface area (TPSA) is 21.3 Å². The fourth-order valence-corrected chi connectivity index (χ4v) is 2.20. The molecule has 20 heavy (non-hydrogen) atoms. The van der Waals surface area contributed by atoms with E-state index in [1.807, 2.05) is 32.2 Å². The van der Waals surface area contributed by atoms with E-state index in [1.165, 1.54) is 6.07 Å². The molecule has 0 amide bonds. The van der Waals surface area contributed by atoms with Crippen LogP contribution >= 0.6 is 11.6 Å². The van der Waals surface area contributed by atoms with Crippen LogP contribution in [0.4, 0.5) is 4.39 Å². The zero-order chi connectivity index (χ0) is 14.5. The maximum Gasteiger partial charge on any atom is 0.131 e. The number of nitrogens with one attached hydrogen (secondary N) is 1. The Balaban J connectivity index is 2.18. The standard InChI is InChI=1S/C16H17ClFNO/c1-11-4-3-5-12(9-19-2)16(11)20-10-13-6-7-14(17)8-15(13)18/h3-8,19H,9-10H2,1-2H3. The molecule has 0 saturated heterocycles. The third kappa shape index (κ3) is 3.50. The van der Waals surface area contributed by atoms with Crippen molar-refractivity contribution in [2.24, 2.45) is 0 Å². The summed E-state index contributed by atoms with van der Waals surface area (Å²) in [6, 6.07) is 10.6. The van der Waals surface area contributed by atoms with Crippen molar-refractivity contribution in [1.82, 2.24) is 5.32 Å². The lowest BCUT2D eigenvalue weighted by Crippen LogP contribution is -2.09. The van der Waals surface area contributed by atoms with Crippen LogP contribution in [0.2, 0.25) is 5.02 Å². The zero-order valence-electron chi connectivity index (χ0n) is 11.5. The molecule has 4 heteroatoms. The normalized spacial score (nSPS) is 10.6. The van der Waals surface area contributed by atoms with Crippen LogP contribution in [0.5, 0.6) is 5.75 Å². The van der Waals surface area contributed by atoms with Gasteiger partial charge in [0.05, 0.1) is 0 Å². The Bertz CT molecular complexity index is 601. The molecule has 0 aliphatic rings. The highest BCUT2D eigenvalue weighted by Crippen LogP contribution is 2.25. The van der Waals surface area contributed by atoms with Gasteiger partial charge in [0, 0.05) is 22.7 Å². The number of hydrogen-bond acceptors (Lipinski definition) is 2. The third-order valence-electron chi connectivity index (χ3n) is 3.05. The van der Waals surface area contributed by atoms with Crippen LogP contribution in [0, 0.1) is 12.7 Å². The second kappa shape index (κ2) is 6.73. The number of para-hydroxylation sites is 1. The fraction of sp³-hybridized carbons (Fsp3) is 0.250. The van der Waals surface area contributed by atoms with Gasteiger partial charge in [-0.2, -0.15) is 0 Å². The predicted octanol–water partition coefficient (Wildman–Crippen LogP) is 4.09. The van der Waals surface area contributed by atoms with E-state index in [1.54, 1.807) is 12.1 Å². The maximum absolute atomic E-state index is 13.7. The smallest absolute Gasteiger partial charge is 0.131 e. The van der Waals surface area contributed by atoms with Crippen molar-refractivity contribution in [2.75, 3.05) is 7.05 Å². The number of hydrogen-bond donors (Lipinski definition) is 1. The van der Waals surface area contributed by atoms with Crippen molar-refractivity contribution in [3.63, 3.8) is 0 Å². The highest BCUT2D eigenvalue weighted by molar-refractivity contribution is 6.30.